The molecule has 100 valence electrons. The van der Waals surface area contributed by atoms with Gasteiger partial charge in [0.05, 0.1) is 7.11 Å². The molecule has 0 fully saturated rings. The molecule has 0 heterocycles. The molecule has 0 unspecified atom stereocenters. The van der Waals surface area contributed by atoms with Crippen molar-refractivity contribution < 1.29 is 17.3 Å². The molecule has 0 saturated carbocycles. The standard InChI is InChI=1S/C14H14O4S/c1-11-4-3-5-13(10-11)18-19(15,16)14-8-6-12(17-2)7-9-14/h3-10H,1-2H3. The highest BCUT2D eigenvalue weighted by Gasteiger charge is 2.16. The van der Waals surface area contributed by atoms with Crippen molar-refractivity contribution in [3.63, 3.8) is 0 Å². The minimum Gasteiger partial charge on any atom is -0.497 e. The Hall–Kier alpha value is -2.01. The van der Waals surface area contributed by atoms with E-state index in [9.17, 15) is 8.42 Å². The van der Waals surface area contributed by atoms with E-state index in [-0.39, 0.29) is 4.90 Å². The van der Waals surface area contributed by atoms with Gasteiger partial charge in [0.25, 0.3) is 0 Å². The van der Waals surface area contributed by atoms with Crippen LogP contribution in [0.2, 0.25) is 0 Å². The molecule has 0 N–H and O–H groups in total. The number of hydrogen-bond acceptors (Lipinski definition) is 4. The molecular weight excluding hydrogens is 264 g/mol. The summed E-state index contributed by atoms with van der Waals surface area (Å²) in [6.45, 7) is 1.87. The van der Waals surface area contributed by atoms with E-state index in [2.05, 4.69) is 0 Å². The molecule has 0 spiro atoms. The molecule has 2 rings (SSSR count). The molecule has 0 aliphatic heterocycles. The first-order chi connectivity index (χ1) is 9.01. The minimum atomic E-state index is -3.81. The lowest BCUT2D eigenvalue weighted by atomic mass is 10.2. The first-order valence-electron chi connectivity index (χ1n) is 5.66. The third-order valence-corrected chi connectivity index (χ3v) is 3.80. The largest absolute Gasteiger partial charge is 0.497 e. The average Bonchev–Trinajstić information content (AvgIpc) is 2.38. The average molecular weight is 278 g/mol. The fourth-order valence-corrected chi connectivity index (χ4v) is 2.51. The lowest BCUT2D eigenvalue weighted by Gasteiger charge is -2.08. The van der Waals surface area contributed by atoms with E-state index < -0.39 is 10.1 Å². The molecule has 0 atom stereocenters. The van der Waals surface area contributed by atoms with Gasteiger partial charge in [-0.15, -0.1) is 0 Å². The van der Waals surface area contributed by atoms with Gasteiger partial charge in [-0.05, 0) is 48.9 Å². The maximum atomic E-state index is 12.0. The Bertz CT molecular complexity index is 660. The Kier molecular flexibility index (Phi) is 3.76. The molecule has 0 amide bonds. The maximum absolute atomic E-state index is 12.0. The quantitative estimate of drug-likeness (QED) is 0.807. The monoisotopic (exact) mass is 278 g/mol. The third kappa shape index (κ3) is 3.26. The zero-order valence-corrected chi connectivity index (χ0v) is 11.5. The number of ether oxygens (including phenoxy) is 1. The molecule has 5 heteroatoms. The number of methoxy groups -OCH3 is 1. The molecule has 0 aromatic heterocycles. The zero-order valence-electron chi connectivity index (χ0n) is 10.7. The molecule has 0 aliphatic rings. The van der Waals surface area contributed by atoms with Gasteiger partial charge >= 0.3 is 10.1 Å². The number of hydrogen-bond donors (Lipinski definition) is 0. The number of benzene rings is 2. The first kappa shape index (κ1) is 13.4. The van der Waals surface area contributed by atoms with Gasteiger partial charge in [0, 0.05) is 0 Å². The predicted octanol–water partition coefficient (Wildman–Crippen LogP) is 2.77. The number of rotatable bonds is 4. The van der Waals surface area contributed by atoms with Crippen molar-refractivity contribution >= 4 is 10.1 Å². The highest BCUT2D eigenvalue weighted by Crippen LogP contribution is 2.21. The van der Waals surface area contributed by atoms with Gasteiger partial charge in [0.15, 0.2) is 0 Å². The SMILES string of the molecule is COc1ccc(S(=O)(=O)Oc2cccc(C)c2)cc1. The molecule has 0 aliphatic carbocycles. The van der Waals surface area contributed by atoms with Crippen LogP contribution in [0.4, 0.5) is 0 Å². The number of aryl methyl sites for hydroxylation is 1. The van der Waals surface area contributed by atoms with Gasteiger partial charge in [-0.25, -0.2) is 0 Å². The van der Waals surface area contributed by atoms with Crippen LogP contribution in [0.25, 0.3) is 0 Å². The Morgan fingerprint density at radius 1 is 0.947 bits per heavy atom. The van der Waals surface area contributed by atoms with Crippen molar-refractivity contribution in [2.45, 2.75) is 11.8 Å². The fourth-order valence-electron chi connectivity index (χ4n) is 1.58. The summed E-state index contributed by atoms with van der Waals surface area (Å²) in [4.78, 5) is 0.0924. The second-order valence-electron chi connectivity index (χ2n) is 4.03. The highest BCUT2D eigenvalue weighted by molar-refractivity contribution is 7.87. The molecule has 0 bridgehead atoms. The van der Waals surface area contributed by atoms with Crippen LogP contribution in [0.1, 0.15) is 5.56 Å². The summed E-state index contributed by atoms with van der Waals surface area (Å²) in [6.07, 6.45) is 0. The summed E-state index contributed by atoms with van der Waals surface area (Å²) in [7, 11) is -2.29. The summed E-state index contributed by atoms with van der Waals surface area (Å²) >= 11 is 0. The van der Waals surface area contributed by atoms with Crippen molar-refractivity contribution in [1.29, 1.82) is 0 Å². The van der Waals surface area contributed by atoms with Crippen LogP contribution in [-0.2, 0) is 10.1 Å². The summed E-state index contributed by atoms with van der Waals surface area (Å²) in [5.74, 6) is 0.894. The van der Waals surface area contributed by atoms with E-state index in [0.717, 1.165) is 5.56 Å². The summed E-state index contributed by atoms with van der Waals surface area (Å²) in [6, 6.07) is 12.9. The highest BCUT2D eigenvalue weighted by atomic mass is 32.2. The van der Waals surface area contributed by atoms with Crippen molar-refractivity contribution in [3.8, 4) is 11.5 Å². The van der Waals surface area contributed by atoms with Crippen LogP contribution in [0.3, 0.4) is 0 Å². The normalized spacial score (nSPS) is 11.1. The van der Waals surface area contributed by atoms with Gasteiger partial charge < -0.3 is 8.92 Å². The van der Waals surface area contributed by atoms with Crippen molar-refractivity contribution in [1.82, 2.24) is 0 Å². The Labute approximate surface area is 112 Å². The Morgan fingerprint density at radius 2 is 1.63 bits per heavy atom. The van der Waals surface area contributed by atoms with E-state index in [4.69, 9.17) is 8.92 Å². The van der Waals surface area contributed by atoms with Crippen molar-refractivity contribution in [3.05, 3.63) is 54.1 Å². The molecule has 2 aromatic carbocycles. The lowest BCUT2D eigenvalue weighted by molar-refractivity contribution is 0.414. The van der Waals surface area contributed by atoms with E-state index in [1.807, 2.05) is 13.0 Å². The predicted molar refractivity (Wildman–Crippen MR) is 72.0 cm³/mol. The van der Waals surface area contributed by atoms with Crippen molar-refractivity contribution in [2.75, 3.05) is 7.11 Å². The molecule has 0 radical (unpaired) electrons. The fraction of sp³-hybridized carbons (Fsp3) is 0.143. The van der Waals surface area contributed by atoms with Gasteiger partial charge in [0.1, 0.15) is 16.4 Å². The second kappa shape index (κ2) is 5.32. The lowest BCUT2D eigenvalue weighted by Crippen LogP contribution is -2.09. The van der Waals surface area contributed by atoms with Gasteiger partial charge in [-0.2, -0.15) is 8.42 Å². The van der Waals surface area contributed by atoms with E-state index in [1.54, 1.807) is 30.3 Å². The Balaban J connectivity index is 2.27. The summed E-state index contributed by atoms with van der Waals surface area (Å²) in [5.41, 5.74) is 0.933. The molecular formula is C14H14O4S. The van der Waals surface area contributed by atoms with Crippen LogP contribution in [0.5, 0.6) is 11.5 Å². The zero-order chi connectivity index (χ0) is 13.9. The topological polar surface area (TPSA) is 52.6 Å². The molecule has 19 heavy (non-hydrogen) atoms. The van der Waals surface area contributed by atoms with Gasteiger partial charge in [0.2, 0.25) is 0 Å². The van der Waals surface area contributed by atoms with Crippen LogP contribution in [0.15, 0.2) is 53.4 Å². The van der Waals surface area contributed by atoms with E-state index in [1.165, 1.54) is 19.2 Å². The Morgan fingerprint density at radius 3 is 2.21 bits per heavy atom. The van der Waals surface area contributed by atoms with E-state index >= 15 is 0 Å². The van der Waals surface area contributed by atoms with Gasteiger partial charge in [-0.1, -0.05) is 12.1 Å². The van der Waals surface area contributed by atoms with Crippen molar-refractivity contribution in [2.24, 2.45) is 0 Å². The van der Waals surface area contributed by atoms with Crippen LogP contribution in [0, 0.1) is 6.92 Å². The molecule has 0 saturated heterocycles. The molecule has 2 aromatic rings. The van der Waals surface area contributed by atoms with Crippen LogP contribution >= 0.6 is 0 Å². The molecule has 4 nitrogen and oxygen atoms in total. The maximum Gasteiger partial charge on any atom is 0.339 e. The van der Waals surface area contributed by atoms with Crippen LogP contribution in [-0.4, -0.2) is 15.5 Å². The smallest absolute Gasteiger partial charge is 0.339 e. The summed E-state index contributed by atoms with van der Waals surface area (Å²) in [5, 5.41) is 0. The summed E-state index contributed by atoms with van der Waals surface area (Å²) < 4.78 is 34.2. The third-order valence-electron chi connectivity index (χ3n) is 2.54. The van der Waals surface area contributed by atoms with Crippen LogP contribution < -0.4 is 8.92 Å². The minimum absolute atomic E-state index is 0.0924. The van der Waals surface area contributed by atoms with Gasteiger partial charge in [-0.3, -0.25) is 0 Å². The second-order valence-corrected chi connectivity index (χ2v) is 5.58. The first-order valence-corrected chi connectivity index (χ1v) is 7.07. The van der Waals surface area contributed by atoms with E-state index in [0.29, 0.717) is 11.5 Å².